The van der Waals surface area contributed by atoms with Crippen molar-refractivity contribution in [2.45, 2.75) is 12.8 Å². The fourth-order valence-electron chi connectivity index (χ4n) is 2.18. The van der Waals surface area contributed by atoms with E-state index < -0.39 is 5.97 Å². The summed E-state index contributed by atoms with van der Waals surface area (Å²) >= 11 is 0. The highest BCUT2D eigenvalue weighted by Gasteiger charge is 2.11. The first-order valence-electron chi connectivity index (χ1n) is 6.57. The van der Waals surface area contributed by atoms with Gasteiger partial charge in [0.05, 0.1) is 0 Å². The van der Waals surface area contributed by atoms with E-state index in [9.17, 15) is 4.79 Å². The van der Waals surface area contributed by atoms with Crippen LogP contribution < -0.4 is 4.90 Å². The molecule has 1 N–H and O–H groups in total. The molecular weight excluding hydrogens is 252 g/mol. The molecule has 4 heteroatoms. The second kappa shape index (κ2) is 6.58. The van der Waals surface area contributed by atoms with Crippen LogP contribution in [0.1, 0.15) is 18.4 Å². The van der Waals surface area contributed by atoms with Crippen molar-refractivity contribution >= 4 is 17.7 Å². The molecule has 0 amide bonds. The van der Waals surface area contributed by atoms with Gasteiger partial charge in [0, 0.05) is 18.8 Å². The van der Waals surface area contributed by atoms with E-state index >= 15 is 0 Å². The number of carboxylic acid groups (broad SMARTS) is 1. The summed E-state index contributed by atoms with van der Waals surface area (Å²) in [7, 11) is 0. The number of hydrogen-bond donors (Lipinski definition) is 1. The van der Waals surface area contributed by atoms with E-state index in [1.807, 2.05) is 12.1 Å². The van der Waals surface area contributed by atoms with Gasteiger partial charge < -0.3 is 10.0 Å². The van der Waals surface area contributed by atoms with Gasteiger partial charge in [-0.25, -0.2) is 4.79 Å². The molecule has 1 aliphatic heterocycles. The number of carbonyl (C=O) groups is 1. The molecule has 2 rings (SSSR count). The zero-order chi connectivity index (χ0) is 14.4. The number of nitriles is 1. The Labute approximate surface area is 118 Å². The van der Waals surface area contributed by atoms with Crippen LogP contribution in [-0.4, -0.2) is 24.2 Å². The van der Waals surface area contributed by atoms with E-state index in [1.165, 1.54) is 24.6 Å². The Morgan fingerprint density at radius 2 is 1.90 bits per heavy atom. The Morgan fingerprint density at radius 3 is 2.45 bits per heavy atom. The smallest absolute Gasteiger partial charge is 0.346 e. The summed E-state index contributed by atoms with van der Waals surface area (Å²) in [6.07, 6.45) is 7.17. The molecule has 1 aliphatic rings. The average molecular weight is 268 g/mol. The predicted molar refractivity (Wildman–Crippen MR) is 78.3 cm³/mol. The Balaban J connectivity index is 2.03. The number of nitrogens with zero attached hydrogens (tertiary/aromatic N) is 2. The number of anilines is 1. The summed E-state index contributed by atoms with van der Waals surface area (Å²) in [5.41, 5.74) is 1.93. The van der Waals surface area contributed by atoms with Gasteiger partial charge in [-0.05, 0) is 36.6 Å². The van der Waals surface area contributed by atoms with Gasteiger partial charge in [-0.1, -0.05) is 24.3 Å². The lowest BCUT2D eigenvalue weighted by Crippen LogP contribution is -2.17. The second-order valence-corrected chi connectivity index (χ2v) is 4.64. The molecule has 1 aromatic rings. The van der Waals surface area contributed by atoms with Crippen molar-refractivity contribution in [1.29, 1.82) is 5.26 Å². The van der Waals surface area contributed by atoms with Crippen molar-refractivity contribution in [3.63, 3.8) is 0 Å². The molecule has 20 heavy (non-hydrogen) atoms. The van der Waals surface area contributed by atoms with Gasteiger partial charge in [0.1, 0.15) is 11.6 Å². The molecular formula is C16H16N2O2. The summed E-state index contributed by atoms with van der Waals surface area (Å²) in [5, 5.41) is 17.3. The van der Waals surface area contributed by atoms with E-state index in [-0.39, 0.29) is 5.57 Å². The lowest BCUT2D eigenvalue weighted by atomic mass is 10.1. The van der Waals surface area contributed by atoms with E-state index in [0.29, 0.717) is 0 Å². The molecule has 1 fully saturated rings. The van der Waals surface area contributed by atoms with Crippen molar-refractivity contribution in [2.24, 2.45) is 0 Å². The third-order valence-electron chi connectivity index (χ3n) is 3.27. The summed E-state index contributed by atoms with van der Waals surface area (Å²) < 4.78 is 0. The predicted octanol–water partition coefficient (Wildman–Crippen LogP) is 2.83. The molecule has 0 spiro atoms. The Morgan fingerprint density at radius 1 is 1.25 bits per heavy atom. The fourth-order valence-corrected chi connectivity index (χ4v) is 2.18. The largest absolute Gasteiger partial charge is 0.477 e. The van der Waals surface area contributed by atoms with Crippen LogP contribution in [0.2, 0.25) is 0 Å². The van der Waals surface area contributed by atoms with Crippen molar-refractivity contribution in [3.05, 3.63) is 47.6 Å². The number of aliphatic carboxylic acids is 1. The number of hydrogen-bond acceptors (Lipinski definition) is 3. The first kappa shape index (κ1) is 13.9. The van der Waals surface area contributed by atoms with Gasteiger partial charge in [0.15, 0.2) is 0 Å². The molecule has 0 radical (unpaired) electrons. The lowest BCUT2D eigenvalue weighted by molar-refractivity contribution is -0.132. The molecule has 102 valence electrons. The first-order chi connectivity index (χ1) is 9.70. The number of carboxylic acids is 1. The van der Waals surface area contributed by atoms with Gasteiger partial charge in [-0.15, -0.1) is 0 Å². The SMILES string of the molecule is N#CC(=CC=Cc1ccc(N2CCCC2)cc1)C(=O)O. The van der Waals surface area contributed by atoms with Crippen LogP contribution in [0.4, 0.5) is 5.69 Å². The van der Waals surface area contributed by atoms with Crippen LogP contribution in [0, 0.1) is 11.3 Å². The summed E-state index contributed by atoms with van der Waals surface area (Å²) in [6, 6.07) is 9.75. The molecule has 1 saturated heterocycles. The minimum absolute atomic E-state index is 0.269. The molecule has 0 saturated carbocycles. The lowest BCUT2D eigenvalue weighted by Gasteiger charge is -2.17. The maximum absolute atomic E-state index is 10.6. The molecule has 1 heterocycles. The molecule has 0 aromatic heterocycles. The molecule has 1 aromatic carbocycles. The van der Waals surface area contributed by atoms with Crippen LogP contribution >= 0.6 is 0 Å². The van der Waals surface area contributed by atoms with Crippen LogP contribution in [0.25, 0.3) is 6.08 Å². The molecule has 0 atom stereocenters. The van der Waals surface area contributed by atoms with Gasteiger partial charge in [-0.3, -0.25) is 0 Å². The highest BCUT2D eigenvalue weighted by atomic mass is 16.4. The molecule has 4 nitrogen and oxygen atoms in total. The second-order valence-electron chi connectivity index (χ2n) is 4.64. The van der Waals surface area contributed by atoms with Gasteiger partial charge in [0.25, 0.3) is 0 Å². The van der Waals surface area contributed by atoms with E-state index in [2.05, 4.69) is 17.0 Å². The monoisotopic (exact) mass is 268 g/mol. The minimum atomic E-state index is -1.21. The van der Waals surface area contributed by atoms with Gasteiger partial charge in [0.2, 0.25) is 0 Å². The van der Waals surface area contributed by atoms with Crippen LogP contribution in [-0.2, 0) is 4.79 Å². The van der Waals surface area contributed by atoms with Gasteiger partial charge in [-0.2, -0.15) is 5.26 Å². The number of benzene rings is 1. The Bertz CT molecular complexity index is 573. The van der Waals surface area contributed by atoms with Gasteiger partial charge >= 0.3 is 5.97 Å². The number of rotatable bonds is 4. The molecule has 0 bridgehead atoms. The quantitative estimate of drug-likeness (QED) is 0.518. The average Bonchev–Trinajstić information content (AvgIpc) is 2.98. The maximum atomic E-state index is 10.6. The van der Waals surface area contributed by atoms with Crippen molar-refractivity contribution in [1.82, 2.24) is 0 Å². The topological polar surface area (TPSA) is 64.3 Å². The third kappa shape index (κ3) is 3.48. The van der Waals surface area contributed by atoms with Crippen LogP contribution in [0.5, 0.6) is 0 Å². The van der Waals surface area contributed by atoms with Crippen molar-refractivity contribution in [2.75, 3.05) is 18.0 Å². The zero-order valence-corrected chi connectivity index (χ0v) is 11.1. The Hall–Kier alpha value is -2.54. The maximum Gasteiger partial charge on any atom is 0.346 e. The standard InChI is InChI=1S/C16H16N2O2/c17-12-14(16(19)20)5-3-4-13-6-8-15(9-7-13)18-10-1-2-11-18/h3-9H,1-2,10-11H2,(H,19,20). The number of allylic oxidation sites excluding steroid dienone is 2. The molecule has 0 unspecified atom stereocenters. The van der Waals surface area contributed by atoms with E-state index in [1.54, 1.807) is 18.2 Å². The van der Waals surface area contributed by atoms with Crippen molar-refractivity contribution < 1.29 is 9.90 Å². The third-order valence-corrected chi connectivity index (χ3v) is 3.27. The van der Waals surface area contributed by atoms with E-state index in [4.69, 9.17) is 10.4 Å². The first-order valence-corrected chi connectivity index (χ1v) is 6.57. The normalized spacial score (nSPS) is 15.6. The van der Waals surface area contributed by atoms with E-state index in [0.717, 1.165) is 18.7 Å². The Kier molecular flexibility index (Phi) is 4.56. The highest BCUT2D eigenvalue weighted by Crippen LogP contribution is 2.20. The minimum Gasteiger partial charge on any atom is -0.477 e. The highest BCUT2D eigenvalue weighted by molar-refractivity contribution is 5.91. The van der Waals surface area contributed by atoms with Crippen LogP contribution in [0.3, 0.4) is 0 Å². The summed E-state index contributed by atoms with van der Waals surface area (Å²) in [5.74, 6) is -1.21. The molecule has 0 aliphatic carbocycles. The zero-order valence-electron chi connectivity index (χ0n) is 11.1. The van der Waals surface area contributed by atoms with Crippen LogP contribution in [0.15, 0.2) is 42.0 Å². The summed E-state index contributed by atoms with van der Waals surface area (Å²) in [6.45, 7) is 2.23. The fraction of sp³-hybridized carbons (Fsp3) is 0.250. The van der Waals surface area contributed by atoms with Crippen molar-refractivity contribution in [3.8, 4) is 6.07 Å². The summed E-state index contributed by atoms with van der Waals surface area (Å²) in [4.78, 5) is 13.0.